The van der Waals surface area contributed by atoms with E-state index in [0.717, 1.165) is 24.3 Å². The van der Waals surface area contributed by atoms with Crippen LogP contribution in [0.25, 0.3) is 11.3 Å². The van der Waals surface area contributed by atoms with Gasteiger partial charge in [-0.15, -0.1) is 5.10 Å². The van der Waals surface area contributed by atoms with E-state index < -0.39 is 0 Å². The fraction of sp³-hybridized carbons (Fsp3) is 0.250. The van der Waals surface area contributed by atoms with E-state index >= 15 is 0 Å². The van der Waals surface area contributed by atoms with E-state index in [1.165, 1.54) is 0 Å². The zero-order valence-corrected chi connectivity index (χ0v) is 10.2. The molecule has 0 N–H and O–H groups in total. The van der Waals surface area contributed by atoms with Gasteiger partial charge in [-0.05, 0) is 42.3 Å². The van der Waals surface area contributed by atoms with E-state index in [1.807, 2.05) is 24.3 Å². The average Bonchev–Trinajstić information content (AvgIpc) is 2.37. The van der Waals surface area contributed by atoms with Gasteiger partial charge >= 0.3 is 0 Å². The lowest BCUT2D eigenvalue weighted by Crippen LogP contribution is -1.95. The zero-order valence-electron chi connectivity index (χ0n) is 9.43. The quantitative estimate of drug-likeness (QED) is 0.836. The number of rotatable bonds is 4. The van der Waals surface area contributed by atoms with E-state index in [1.54, 1.807) is 6.20 Å². The van der Waals surface area contributed by atoms with Crippen LogP contribution in [-0.2, 0) is 0 Å². The molecule has 88 valence electrons. The van der Waals surface area contributed by atoms with Crippen LogP contribution in [0.1, 0.15) is 13.3 Å². The first kappa shape index (κ1) is 11.8. The molecule has 0 radical (unpaired) electrons. The molecular formula is C12H12ClN3O. The van der Waals surface area contributed by atoms with Gasteiger partial charge < -0.3 is 4.74 Å². The zero-order chi connectivity index (χ0) is 12.1. The van der Waals surface area contributed by atoms with E-state index in [4.69, 9.17) is 16.3 Å². The Morgan fingerprint density at radius 3 is 2.65 bits per heavy atom. The van der Waals surface area contributed by atoms with Gasteiger partial charge in [-0.1, -0.05) is 6.92 Å². The summed E-state index contributed by atoms with van der Waals surface area (Å²) >= 11 is 5.69. The third-order valence-corrected chi connectivity index (χ3v) is 2.32. The summed E-state index contributed by atoms with van der Waals surface area (Å²) in [4.78, 5) is 4.09. The van der Waals surface area contributed by atoms with Crippen LogP contribution >= 0.6 is 11.6 Å². The maximum atomic E-state index is 5.69. The normalized spacial score (nSPS) is 10.2. The standard InChI is InChI=1S/C12H12ClN3O/c1-2-7-17-10-5-3-9(4-6-10)11-8-14-16-12(13)15-11/h3-6,8H,2,7H2,1H3. The summed E-state index contributed by atoms with van der Waals surface area (Å²) in [7, 11) is 0. The lowest BCUT2D eigenvalue weighted by molar-refractivity contribution is 0.317. The Kier molecular flexibility index (Phi) is 3.88. The molecule has 0 aliphatic heterocycles. The van der Waals surface area contributed by atoms with Gasteiger partial charge in [-0.2, -0.15) is 5.10 Å². The van der Waals surface area contributed by atoms with Crippen LogP contribution in [0.5, 0.6) is 5.75 Å². The van der Waals surface area contributed by atoms with Gasteiger partial charge in [0.05, 0.1) is 18.5 Å². The molecule has 2 rings (SSSR count). The highest BCUT2D eigenvalue weighted by Crippen LogP contribution is 2.20. The molecule has 0 aliphatic carbocycles. The van der Waals surface area contributed by atoms with E-state index in [2.05, 4.69) is 22.1 Å². The highest BCUT2D eigenvalue weighted by Gasteiger charge is 2.02. The Labute approximate surface area is 105 Å². The van der Waals surface area contributed by atoms with Crippen LogP contribution < -0.4 is 4.74 Å². The van der Waals surface area contributed by atoms with Gasteiger partial charge in [-0.3, -0.25) is 0 Å². The summed E-state index contributed by atoms with van der Waals surface area (Å²) in [6.45, 7) is 2.79. The number of benzene rings is 1. The Hall–Kier alpha value is -1.68. The first-order valence-corrected chi connectivity index (χ1v) is 5.76. The molecule has 4 nitrogen and oxygen atoms in total. The largest absolute Gasteiger partial charge is 0.494 e. The van der Waals surface area contributed by atoms with Crippen molar-refractivity contribution in [2.45, 2.75) is 13.3 Å². The van der Waals surface area contributed by atoms with E-state index in [-0.39, 0.29) is 5.28 Å². The molecule has 0 saturated heterocycles. The summed E-state index contributed by atoms with van der Waals surface area (Å²) in [5.74, 6) is 0.851. The second-order valence-corrected chi connectivity index (χ2v) is 3.82. The molecule has 1 heterocycles. The molecule has 17 heavy (non-hydrogen) atoms. The second-order valence-electron chi connectivity index (χ2n) is 3.48. The Morgan fingerprint density at radius 2 is 2.00 bits per heavy atom. The Bertz CT molecular complexity index is 487. The number of hydrogen-bond donors (Lipinski definition) is 0. The molecule has 1 aromatic heterocycles. The second kappa shape index (κ2) is 5.59. The van der Waals surface area contributed by atoms with Gasteiger partial charge in [0.25, 0.3) is 0 Å². The molecule has 0 unspecified atom stereocenters. The average molecular weight is 250 g/mol. The van der Waals surface area contributed by atoms with Crippen molar-refractivity contribution in [3.05, 3.63) is 35.7 Å². The third-order valence-electron chi connectivity index (χ3n) is 2.16. The summed E-state index contributed by atoms with van der Waals surface area (Å²) < 4.78 is 5.50. The molecule has 0 atom stereocenters. The number of aromatic nitrogens is 3. The van der Waals surface area contributed by atoms with Crippen molar-refractivity contribution in [2.75, 3.05) is 6.61 Å². The highest BCUT2D eigenvalue weighted by atomic mass is 35.5. The van der Waals surface area contributed by atoms with Crippen LogP contribution in [0.3, 0.4) is 0 Å². The van der Waals surface area contributed by atoms with Crippen molar-refractivity contribution in [1.29, 1.82) is 0 Å². The van der Waals surface area contributed by atoms with Crippen molar-refractivity contribution >= 4 is 11.6 Å². The van der Waals surface area contributed by atoms with E-state index in [9.17, 15) is 0 Å². The summed E-state index contributed by atoms with van der Waals surface area (Å²) in [6, 6.07) is 7.65. The fourth-order valence-electron chi connectivity index (χ4n) is 1.36. The SMILES string of the molecule is CCCOc1ccc(-c2cnnc(Cl)n2)cc1. The van der Waals surface area contributed by atoms with Crippen molar-refractivity contribution in [1.82, 2.24) is 15.2 Å². The van der Waals surface area contributed by atoms with Crippen LogP contribution in [0.2, 0.25) is 5.28 Å². The van der Waals surface area contributed by atoms with Gasteiger partial charge in [0, 0.05) is 5.56 Å². The fourth-order valence-corrected chi connectivity index (χ4v) is 1.50. The number of nitrogens with zero attached hydrogens (tertiary/aromatic N) is 3. The monoisotopic (exact) mass is 249 g/mol. The van der Waals surface area contributed by atoms with Gasteiger partial charge in [0.15, 0.2) is 0 Å². The van der Waals surface area contributed by atoms with Crippen molar-refractivity contribution in [2.24, 2.45) is 0 Å². The molecule has 1 aromatic carbocycles. The molecule has 0 aliphatic rings. The summed E-state index contributed by atoms with van der Waals surface area (Å²) in [5, 5.41) is 7.51. The minimum atomic E-state index is 0.147. The minimum absolute atomic E-state index is 0.147. The summed E-state index contributed by atoms with van der Waals surface area (Å²) in [6.07, 6.45) is 2.57. The molecule has 5 heteroatoms. The Balaban J connectivity index is 2.17. The third kappa shape index (κ3) is 3.14. The maximum Gasteiger partial charge on any atom is 0.243 e. The lowest BCUT2D eigenvalue weighted by Gasteiger charge is -2.05. The highest BCUT2D eigenvalue weighted by molar-refractivity contribution is 6.28. The van der Waals surface area contributed by atoms with Crippen LogP contribution in [-0.4, -0.2) is 21.8 Å². The van der Waals surface area contributed by atoms with Crippen molar-refractivity contribution in [3.8, 4) is 17.0 Å². The van der Waals surface area contributed by atoms with Crippen molar-refractivity contribution in [3.63, 3.8) is 0 Å². The molecule has 2 aromatic rings. The predicted octanol–water partition coefficient (Wildman–Crippen LogP) is 2.98. The molecule has 0 fully saturated rings. The van der Waals surface area contributed by atoms with Gasteiger partial charge in [0.2, 0.25) is 5.28 Å². The topological polar surface area (TPSA) is 47.9 Å². The van der Waals surface area contributed by atoms with Crippen LogP contribution in [0, 0.1) is 0 Å². The Morgan fingerprint density at radius 1 is 1.24 bits per heavy atom. The van der Waals surface area contributed by atoms with Crippen molar-refractivity contribution < 1.29 is 4.74 Å². The first-order valence-electron chi connectivity index (χ1n) is 5.38. The molecule has 0 amide bonds. The molecular weight excluding hydrogens is 238 g/mol. The van der Waals surface area contributed by atoms with Gasteiger partial charge in [0.1, 0.15) is 5.75 Å². The number of hydrogen-bond acceptors (Lipinski definition) is 4. The molecule has 0 saturated carbocycles. The maximum absolute atomic E-state index is 5.69. The first-order chi connectivity index (χ1) is 8.29. The van der Waals surface area contributed by atoms with E-state index in [0.29, 0.717) is 5.69 Å². The lowest BCUT2D eigenvalue weighted by atomic mass is 10.1. The van der Waals surface area contributed by atoms with Crippen LogP contribution in [0.15, 0.2) is 30.5 Å². The number of halogens is 1. The predicted molar refractivity (Wildman–Crippen MR) is 66.1 cm³/mol. The minimum Gasteiger partial charge on any atom is -0.494 e. The smallest absolute Gasteiger partial charge is 0.243 e. The number of ether oxygens (including phenoxy) is 1. The van der Waals surface area contributed by atoms with Gasteiger partial charge in [-0.25, -0.2) is 4.98 Å². The van der Waals surface area contributed by atoms with Crippen LogP contribution in [0.4, 0.5) is 0 Å². The molecule has 0 spiro atoms. The summed E-state index contributed by atoms with van der Waals surface area (Å²) in [5.41, 5.74) is 1.64. The molecule has 0 bridgehead atoms.